The maximum atomic E-state index is 13.5. The summed E-state index contributed by atoms with van der Waals surface area (Å²) >= 11 is 0. The van der Waals surface area contributed by atoms with Gasteiger partial charge in [-0.2, -0.15) is 0 Å². The van der Waals surface area contributed by atoms with Crippen LogP contribution >= 0.6 is 0 Å². The van der Waals surface area contributed by atoms with Crippen molar-refractivity contribution < 1.29 is 14.3 Å². The Bertz CT molecular complexity index is 755. The number of imide groups is 1. The van der Waals surface area contributed by atoms with Crippen molar-refractivity contribution >= 4 is 11.9 Å². The predicted molar refractivity (Wildman–Crippen MR) is 122 cm³/mol. The van der Waals surface area contributed by atoms with Gasteiger partial charge in [0.2, 0.25) is 0 Å². The van der Waals surface area contributed by atoms with Gasteiger partial charge in [0.1, 0.15) is 11.3 Å². The van der Waals surface area contributed by atoms with Crippen molar-refractivity contribution in [3.8, 4) is 5.75 Å². The molecule has 0 N–H and O–H groups in total. The van der Waals surface area contributed by atoms with Crippen LogP contribution in [0, 0.1) is 5.92 Å². The molecular formula is C24H38N4O3. The zero-order valence-electron chi connectivity index (χ0n) is 19.8. The Morgan fingerprint density at radius 3 is 2.26 bits per heavy atom. The van der Waals surface area contributed by atoms with Crippen molar-refractivity contribution in [3.05, 3.63) is 29.8 Å². The number of methoxy groups -OCH3 is 1. The van der Waals surface area contributed by atoms with E-state index in [2.05, 4.69) is 18.7 Å². The van der Waals surface area contributed by atoms with Crippen molar-refractivity contribution in [2.24, 2.45) is 5.92 Å². The van der Waals surface area contributed by atoms with Gasteiger partial charge in [-0.15, -0.1) is 0 Å². The molecule has 0 saturated carbocycles. The highest BCUT2D eigenvalue weighted by Gasteiger charge is 2.57. The average molecular weight is 431 g/mol. The topological polar surface area (TPSA) is 56.3 Å². The lowest BCUT2D eigenvalue weighted by atomic mass is 9.85. The summed E-state index contributed by atoms with van der Waals surface area (Å²) in [4.78, 5) is 34.7. The number of hydrogen-bond acceptors (Lipinski definition) is 5. The summed E-state index contributed by atoms with van der Waals surface area (Å²) in [7, 11) is 5.58. The molecule has 0 radical (unpaired) electrons. The lowest BCUT2D eigenvalue weighted by Gasteiger charge is -2.42. The molecule has 3 amide bonds. The molecule has 2 aliphatic rings. The number of hydrogen-bond donors (Lipinski definition) is 0. The van der Waals surface area contributed by atoms with Crippen LogP contribution in [0.5, 0.6) is 5.75 Å². The number of nitrogens with zero attached hydrogens (tertiary/aromatic N) is 4. The lowest BCUT2D eigenvalue weighted by Crippen LogP contribution is -2.57. The van der Waals surface area contributed by atoms with Crippen LogP contribution in [0.2, 0.25) is 0 Å². The molecule has 1 spiro atoms. The summed E-state index contributed by atoms with van der Waals surface area (Å²) in [6, 6.07) is 7.81. The van der Waals surface area contributed by atoms with Gasteiger partial charge in [-0.3, -0.25) is 9.69 Å². The minimum Gasteiger partial charge on any atom is -0.497 e. The van der Waals surface area contributed by atoms with Crippen LogP contribution in [-0.4, -0.2) is 97.6 Å². The first-order valence-electron chi connectivity index (χ1n) is 11.4. The van der Waals surface area contributed by atoms with Crippen molar-refractivity contribution in [2.75, 3.05) is 60.5 Å². The van der Waals surface area contributed by atoms with Crippen molar-refractivity contribution in [3.63, 3.8) is 0 Å². The molecule has 2 saturated heterocycles. The molecule has 7 heteroatoms. The SMILES string of the molecule is COc1ccc(CCN2C(=O)N(CCN(C)C)C(=O)C23CCN(CC(C)C)CC3)cc1. The van der Waals surface area contributed by atoms with Gasteiger partial charge in [-0.25, -0.2) is 4.79 Å². The molecule has 0 aliphatic carbocycles. The maximum absolute atomic E-state index is 13.5. The Balaban J connectivity index is 1.76. The standard InChI is InChI=1S/C24H38N4O3/c1-19(2)18-26-14-11-24(12-15-26)22(29)27(17-16-25(3)4)23(30)28(24)13-10-20-6-8-21(31-5)9-7-20/h6-9,19H,10-18H2,1-5H3. The number of likely N-dealkylation sites (tertiary alicyclic amines) is 1. The average Bonchev–Trinajstić information content (AvgIpc) is 2.93. The molecule has 0 unspecified atom stereocenters. The first-order chi connectivity index (χ1) is 14.8. The number of piperidine rings is 1. The molecule has 2 aliphatic heterocycles. The van der Waals surface area contributed by atoms with Gasteiger partial charge in [0.15, 0.2) is 0 Å². The molecule has 0 atom stereocenters. The van der Waals surface area contributed by atoms with E-state index in [1.807, 2.05) is 48.2 Å². The summed E-state index contributed by atoms with van der Waals surface area (Å²) in [5, 5.41) is 0. The van der Waals surface area contributed by atoms with Crippen LogP contribution in [0.15, 0.2) is 24.3 Å². The third-order valence-corrected chi connectivity index (χ3v) is 6.48. The number of ether oxygens (including phenoxy) is 1. The van der Waals surface area contributed by atoms with Gasteiger partial charge in [0, 0.05) is 39.3 Å². The highest BCUT2D eigenvalue weighted by Crippen LogP contribution is 2.37. The summed E-state index contributed by atoms with van der Waals surface area (Å²) in [5.74, 6) is 1.41. The highest BCUT2D eigenvalue weighted by atomic mass is 16.5. The van der Waals surface area contributed by atoms with E-state index in [1.54, 1.807) is 7.11 Å². The summed E-state index contributed by atoms with van der Waals surface area (Å²) < 4.78 is 5.24. The van der Waals surface area contributed by atoms with Crippen LogP contribution in [0.4, 0.5) is 4.79 Å². The summed E-state index contributed by atoms with van der Waals surface area (Å²) in [6.45, 7) is 8.88. The van der Waals surface area contributed by atoms with E-state index in [9.17, 15) is 9.59 Å². The Hall–Kier alpha value is -2.12. The number of amides is 3. The highest BCUT2D eigenvalue weighted by molar-refractivity contribution is 6.07. The number of carbonyl (C=O) groups excluding carboxylic acids is 2. The van der Waals surface area contributed by atoms with E-state index in [0.717, 1.165) is 37.4 Å². The van der Waals surface area contributed by atoms with Gasteiger partial charge in [-0.05, 0) is 57.0 Å². The molecule has 0 aromatic heterocycles. The molecule has 7 nitrogen and oxygen atoms in total. The second-order valence-electron chi connectivity index (χ2n) is 9.52. The predicted octanol–water partition coefficient (Wildman–Crippen LogP) is 2.55. The molecule has 31 heavy (non-hydrogen) atoms. The zero-order chi connectivity index (χ0) is 22.6. The molecule has 2 heterocycles. The van der Waals surface area contributed by atoms with E-state index in [0.29, 0.717) is 38.4 Å². The number of benzene rings is 1. The smallest absolute Gasteiger partial charge is 0.327 e. The fourth-order valence-electron chi connectivity index (χ4n) is 4.73. The Kier molecular flexibility index (Phi) is 7.59. The van der Waals surface area contributed by atoms with E-state index in [4.69, 9.17) is 4.74 Å². The van der Waals surface area contributed by atoms with E-state index in [1.165, 1.54) is 4.90 Å². The quantitative estimate of drug-likeness (QED) is 0.564. The van der Waals surface area contributed by atoms with E-state index in [-0.39, 0.29) is 11.9 Å². The Labute approximate surface area is 186 Å². The molecule has 1 aromatic rings. The molecule has 2 fully saturated rings. The van der Waals surface area contributed by atoms with Crippen LogP contribution in [0.3, 0.4) is 0 Å². The number of likely N-dealkylation sites (N-methyl/N-ethyl adjacent to an activating group) is 1. The fourth-order valence-corrected chi connectivity index (χ4v) is 4.73. The number of carbonyl (C=O) groups is 2. The summed E-state index contributed by atoms with van der Waals surface area (Å²) in [5.41, 5.74) is 0.448. The van der Waals surface area contributed by atoms with Crippen LogP contribution < -0.4 is 4.74 Å². The normalized spacial score (nSPS) is 19.3. The molecular weight excluding hydrogens is 392 g/mol. The fraction of sp³-hybridized carbons (Fsp3) is 0.667. The molecule has 3 rings (SSSR count). The van der Waals surface area contributed by atoms with Gasteiger partial charge < -0.3 is 19.4 Å². The second kappa shape index (κ2) is 10.0. The van der Waals surface area contributed by atoms with Gasteiger partial charge >= 0.3 is 6.03 Å². The minimum atomic E-state index is -0.691. The number of rotatable bonds is 9. The third kappa shape index (κ3) is 5.21. The van der Waals surface area contributed by atoms with Crippen LogP contribution in [0.25, 0.3) is 0 Å². The lowest BCUT2D eigenvalue weighted by molar-refractivity contribution is -0.135. The number of urea groups is 1. The van der Waals surface area contributed by atoms with Crippen molar-refractivity contribution in [1.82, 2.24) is 19.6 Å². The maximum Gasteiger partial charge on any atom is 0.327 e. The Morgan fingerprint density at radius 1 is 1.06 bits per heavy atom. The van der Waals surface area contributed by atoms with E-state index >= 15 is 0 Å². The molecule has 172 valence electrons. The van der Waals surface area contributed by atoms with Gasteiger partial charge in [0.05, 0.1) is 7.11 Å². The summed E-state index contributed by atoms with van der Waals surface area (Å²) in [6.07, 6.45) is 2.15. The largest absolute Gasteiger partial charge is 0.497 e. The second-order valence-corrected chi connectivity index (χ2v) is 9.52. The van der Waals surface area contributed by atoms with Crippen LogP contribution in [-0.2, 0) is 11.2 Å². The first kappa shape index (κ1) is 23.5. The first-order valence-corrected chi connectivity index (χ1v) is 11.4. The molecule has 0 bridgehead atoms. The van der Waals surface area contributed by atoms with Crippen molar-refractivity contribution in [2.45, 2.75) is 38.6 Å². The van der Waals surface area contributed by atoms with Gasteiger partial charge in [-0.1, -0.05) is 26.0 Å². The third-order valence-electron chi connectivity index (χ3n) is 6.48. The van der Waals surface area contributed by atoms with Gasteiger partial charge in [0.25, 0.3) is 5.91 Å². The minimum absolute atomic E-state index is 0.00159. The van der Waals surface area contributed by atoms with Crippen LogP contribution in [0.1, 0.15) is 32.3 Å². The zero-order valence-corrected chi connectivity index (χ0v) is 19.8. The van der Waals surface area contributed by atoms with Crippen molar-refractivity contribution in [1.29, 1.82) is 0 Å². The Morgan fingerprint density at radius 2 is 1.71 bits per heavy atom. The monoisotopic (exact) mass is 430 g/mol. The van der Waals surface area contributed by atoms with E-state index < -0.39 is 5.54 Å². The molecule has 1 aromatic carbocycles.